The van der Waals surface area contributed by atoms with Crippen LogP contribution in [0.2, 0.25) is 0 Å². The van der Waals surface area contributed by atoms with Crippen molar-refractivity contribution in [3.63, 3.8) is 0 Å². The number of imidazole rings is 1. The Morgan fingerprint density at radius 1 is 0.810 bits per heavy atom. The average molecular weight is 276 g/mol. The topological polar surface area (TPSA) is 17.8 Å². The number of hydrogen-bond donors (Lipinski definition) is 0. The number of hydrogen-bond acceptors (Lipinski definition) is 1. The molecule has 2 heteroatoms. The Morgan fingerprint density at radius 3 is 1.67 bits per heavy atom. The molecule has 3 rings (SSSR count). The Hall–Kier alpha value is -2.35. The van der Waals surface area contributed by atoms with Crippen molar-refractivity contribution in [3.8, 4) is 0 Å². The van der Waals surface area contributed by atoms with Crippen molar-refractivity contribution in [2.75, 3.05) is 0 Å². The highest BCUT2D eigenvalue weighted by atomic mass is 15.1. The lowest BCUT2D eigenvalue weighted by Gasteiger charge is -2.33. The third kappa shape index (κ3) is 2.27. The van der Waals surface area contributed by atoms with E-state index < -0.39 is 0 Å². The SMILES string of the molecule is Cc1cn(C(C)(c2ccccc2)c2ccccc2)c(C)n1. The minimum atomic E-state index is -0.256. The van der Waals surface area contributed by atoms with Crippen molar-refractivity contribution in [1.82, 2.24) is 9.55 Å². The lowest BCUT2D eigenvalue weighted by Crippen LogP contribution is -2.33. The van der Waals surface area contributed by atoms with Crippen LogP contribution in [0.3, 0.4) is 0 Å². The van der Waals surface area contributed by atoms with Crippen LogP contribution in [0.5, 0.6) is 0 Å². The van der Waals surface area contributed by atoms with Crippen LogP contribution in [0.15, 0.2) is 66.9 Å². The largest absolute Gasteiger partial charge is 0.321 e. The molecule has 21 heavy (non-hydrogen) atoms. The summed E-state index contributed by atoms with van der Waals surface area (Å²) in [5.74, 6) is 1.03. The first-order valence-corrected chi connectivity index (χ1v) is 7.26. The molecule has 0 N–H and O–H groups in total. The van der Waals surface area contributed by atoms with Gasteiger partial charge in [-0.05, 0) is 31.9 Å². The highest BCUT2D eigenvalue weighted by molar-refractivity contribution is 5.39. The second kappa shape index (κ2) is 5.21. The lowest BCUT2D eigenvalue weighted by atomic mass is 9.84. The van der Waals surface area contributed by atoms with E-state index in [1.54, 1.807) is 0 Å². The van der Waals surface area contributed by atoms with Gasteiger partial charge in [-0.25, -0.2) is 4.98 Å². The minimum Gasteiger partial charge on any atom is -0.321 e. The summed E-state index contributed by atoms with van der Waals surface area (Å²) in [6.07, 6.45) is 2.13. The van der Waals surface area contributed by atoms with E-state index in [0.717, 1.165) is 11.5 Å². The van der Waals surface area contributed by atoms with Crippen LogP contribution < -0.4 is 0 Å². The smallest absolute Gasteiger partial charge is 0.106 e. The molecule has 0 unspecified atom stereocenters. The van der Waals surface area contributed by atoms with E-state index in [0.29, 0.717) is 0 Å². The second-order valence-electron chi connectivity index (χ2n) is 5.60. The van der Waals surface area contributed by atoms with Crippen LogP contribution in [-0.4, -0.2) is 9.55 Å². The van der Waals surface area contributed by atoms with Gasteiger partial charge in [-0.2, -0.15) is 0 Å². The number of benzene rings is 2. The van der Waals surface area contributed by atoms with E-state index in [-0.39, 0.29) is 5.54 Å². The molecule has 0 radical (unpaired) electrons. The molecule has 0 aliphatic rings. The lowest BCUT2D eigenvalue weighted by molar-refractivity contribution is 0.464. The zero-order valence-corrected chi connectivity index (χ0v) is 12.7. The van der Waals surface area contributed by atoms with Gasteiger partial charge in [-0.1, -0.05) is 60.7 Å². The molecule has 0 bridgehead atoms. The van der Waals surface area contributed by atoms with Gasteiger partial charge >= 0.3 is 0 Å². The van der Waals surface area contributed by atoms with E-state index in [1.165, 1.54) is 11.1 Å². The Labute approximate surface area is 126 Å². The first-order valence-electron chi connectivity index (χ1n) is 7.26. The van der Waals surface area contributed by atoms with Gasteiger partial charge < -0.3 is 4.57 Å². The van der Waals surface area contributed by atoms with Crippen LogP contribution in [-0.2, 0) is 5.54 Å². The van der Waals surface area contributed by atoms with Gasteiger partial charge in [0.05, 0.1) is 11.2 Å². The summed E-state index contributed by atoms with van der Waals surface area (Å²) in [7, 11) is 0. The van der Waals surface area contributed by atoms with E-state index in [4.69, 9.17) is 0 Å². The second-order valence-corrected chi connectivity index (χ2v) is 5.60. The molecule has 0 saturated carbocycles. The van der Waals surface area contributed by atoms with E-state index in [9.17, 15) is 0 Å². The van der Waals surface area contributed by atoms with Gasteiger partial charge in [0.15, 0.2) is 0 Å². The molecule has 0 spiro atoms. The maximum absolute atomic E-state index is 4.59. The average Bonchev–Trinajstić information content (AvgIpc) is 2.87. The Bertz CT molecular complexity index is 687. The maximum Gasteiger partial charge on any atom is 0.106 e. The van der Waals surface area contributed by atoms with Gasteiger partial charge in [0.1, 0.15) is 5.82 Å². The quantitative estimate of drug-likeness (QED) is 0.697. The standard InChI is InChI=1S/C19H20N2/c1-15-14-21(16(2)20-15)19(3,17-10-6-4-7-11-17)18-12-8-5-9-13-18/h4-14H,1-3H3. The van der Waals surface area contributed by atoms with E-state index >= 15 is 0 Å². The van der Waals surface area contributed by atoms with Crippen molar-refractivity contribution < 1.29 is 0 Å². The van der Waals surface area contributed by atoms with Crippen molar-refractivity contribution in [1.29, 1.82) is 0 Å². The van der Waals surface area contributed by atoms with E-state index in [2.05, 4.69) is 90.3 Å². The monoisotopic (exact) mass is 276 g/mol. The van der Waals surface area contributed by atoms with Crippen LogP contribution in [0.25, 0.3) is 0 Å². The molecule has 1 heterocycles. The zero-order valence-electron chi connectivity index (χ0n) is 12.7. The molecular weight excluding hydrogens is 256 g/mol. The first kappa shape index (κ1) is 13.6. The van der Waals surface area contributed by atoms with Crippen LogP contribution >= 0.6 is 0 Å². The highest BCUT2D eigenvalue weighted by Gasteiger charge is 2.32. The number of aryl methyl sites for hydroxylation is 2. The molecule has 2 aromatic carbocycles. The molecule has 106 valence electrons. The summed E-state index contributed by atoms with van der Waals surface area (Å²) in [4.78, 5) is 4.59. The van der Waals surface area contributed by atoms with Crippen LogP contribution in [0.1, 0.15) is 29.6 Å². The number of aromatic nitrogens is 2. The van der Waals surface area contributed by atoms with Crippen molar-refractivity contribution in [3.05, 3.63) is 89.5 Å². The zero-order chi connectivity index (χ0) is 14.9. The predicted octanol–water partition coefficient (Wildman–Crippen LogP) is 4.31. The molecule has 3 aromatic rings. The molecule has 0 aliphatic carbocycles. The first-order chi connectivity index (χ1) is 10.1. The molecular formula is C19H20N2. The third-order valence-corrected chi connectivity index (χ3v) is 4.16. The summed E-state index contributed by atoms with van der Waals surface area (Å²) in [5.41, 5.74) is 3.31. The molecule has 0 atom stereocenters. The van der Waals surface area contributed by atoms with Gasteiger partial charge in [0.25, 0.3) is 0 Å². The van der Waals surface area contributed by atoms with E-state index in [1.807, 2.05) is 6.92 Å². The summed E-state index contributed by atoms with van der Waals surface area (Å²) in [6.45, 7) is 6.36. The predicted molar refractivity (Wildman–Crippen MR) is 86.4 cm³/mol. The fourth-order valence-corrected chi connectivity index (χ4v) is 3.04. The third-order valence-electron chi connectivity index (χ3n) is 4.16. The van der Waals surface area contributed by atoms with Gasteiger partial charge in [-0.15, -0.1) is 0 Å². The summed E-state index contributed by atoms with van der Waals surface area (Å²) in [5, 5.41) is 0. The van der Waals surface area contributed by atoms with Crippen molar-refractivity contribution in [2.45, 2.75) is 26.3 Å². The summed E-state index contributed by atoms with van der Waals surface area (Å²) >= 11 is 0. The molecule has 0 amide bonds. The fourth-order valence-electron chi connectivity index (χ4n) is 3.04. The van der Waals surface area contributed by atoms with Crippen molar-refractivity contribution >= 4 is 0 Å². The van der Waals surface area contributed by atoms with Gasteiger partial charge in [0, 0.05) is 6.20 Å². The van der Waals surface area contributed by atoms with Crippen LogP contribution in [0.4, 0.5) is 0 Å². The number of rotatable bonds is 3. The Kier molecular flexibility index (Phi) is 3.38. The van der Waals surface area contributed by atoms with Gasteiger partial charge in [0.2, 0.25) is 0 Å². The normalized spacial score (nSPS) is 11.6. The van der Waals surface area contributed by atoms with Crippen molar-refractivity contribution in [2.24, 2.45) is 0 Å². The molecule has 2 nitrogen and oxygen atoms in total. The summed E-state index contributed by atoms with van der Waals surface area (Å²) in [6, 6.07) is 21.2. The molecule has 0 aliphatic heterocycles. The van der Waals surface area contributed by atoms with Gasteiger partial charge in [-0.3, -0.25) is 0 Å². The maximum atomic E-state index is 4.59. The Balaban J connectivity index is 2.28. The Morgan fingerprint density at radius 2 is 1.29 bits per heavy atom. The molecule has 0 fully saturated rings. The fraction of sp³-hybridized carbons (Fsp3) is 0.211. The number of nitrogens with zero attached hydrogens (tertiary/aromatic N) is 2. The highest BCUT2D eigenvalue weighted by Crippen LogP contribution is 2.34. The van der Waals surface area contributed by atoms with Crippen LogP contribution in [0, 0.1) is 13.8 Å². The minimum absolute atomic E-state index is 0.256. The molecule has 1 aromatic heterocycles. The molecule has 0 saturated heterocycles. The summed E-state index contributed by atoms with van der Waals surface area (Å²) < 4.78 is 2.27.